The van der Waals surface area contributed by atoms with Crippen LogP contribution in [0.5, 0.6) is 0 Å². The van der Waals surface area contributed by atoms with Gasteiger partial charge in [-0.1, -0.05) is 13.8 Å². The molecule has 0 atom stereocenters. The molecule has 2 aromatic heterocycles. The van der Waals surface area contributed by atoms with Crippen LogP contribution >= 0.6 is 11.3 Å². The highest BCUT2D eigenvalue weighted by Gasteiger charge is 2.22. The van der Waals surface area contributed by atoms with Crippen LogP contribution in [-0.2, 0) is 19.5 Å². The lowest BCUT2D eigenvalue weighted by atomic mass is 10.1. The first kappa shape index (κ1) is 14.4. The number of nitrogens with zero attached hydrogens (tertiary/aromatic N) is 3. The van der Waals surface area contributed by atoms with E-state index in [2.05, 4.69) is 26.8 Å². The van der Waals surface area contributed by atoms with Crippen molar-refractivity contribution in [3.05, 3.63) is 43.5 Å². The molecule has 2 aromatic rings. The molecule has 0 unspecified atom stereocenters. The monoisotopic (exact) mass is 304 g/mol. The summed E-state index contributed by atoms with van der Waals surface area (Å²) in [5, 5.41) is 1.11. The summed E-state index contributed by atoms with van der Waals surface area (Å²) in [5.74, 6) is 1.04. The van der Waals surface area contributed by atoms with Gasteiger partial charge in [0.15, 0.2) is 0 Å². The standard InChI is InChI=1S/C15H20N4OS/c1-9(2)14-17-12-4-5-19(7-11(12)15(20)18-14)8-13-16-6-10(3)21-13/h6,9H,4-5,7-8H2,1-3H3,(H,17,18,20). The number of fused-ring (bicyclic) bond motifs is 1. The van der Waals surface area contributed by atoms with Gasteiger partial charge in [-0.25, -0.2) is 9.97 Å². The van der Waals surface area contributed by atoms with Gasteiger partial charge in [-0.2, -0.15) is 0 Å². The van der Waals surface area contributed by atoms with Crippen LogP contribution in [0.15, 0.2) is 11.0 Å². The van der Waals surface area contributed by atoms with E-state index in [0.29, 0.717) is 6.54 Å². The molecule has 0 aromatic carbocycles. The summed E-state index contributed by atoms with van der Waals surface area (Å²) in [5.41, 5.74) is 1.80. The maximum atomic E-state index is 12.3. The van der Waals surface area contributed by atoms with Gasteiger partial charge >= 0.3 is 0 Å². The Morgan fingerprint density at radius 1 is 1.48 bits per heavy atom. The summed E-state index contributed by atoms with van der Waals surface area (Å²) in [6, 6.07) is 0. The lowest BCUT2D eigenvalue weighted by Gasteiger charge is -2.27. The molecule has 6 heteroatoms. The van der Waals surface area contributed by atoms with Gasteiger partial charge in [0.2, 0.25) is 0 Å². The Labute approximate surface area is 128 Å². The molecule has 0 bridgehead atoms. The van der Waals surface area contributed by atoms with E-state index in [1.54, 1.807) is 11.3 Å². The maximum Gasteiger partial charge on any atom is 0.255 e. The first-order valence-electron chi connectivity index (χ1n) is 7.28. The molecule has 3 rings (SSSR count). The Kier molecular flexibility index (Phi) is 3.91. The highest BCUT2D eigenvalue weighted by atomic mass is 32.1. The number of H-pyrrole nitrogens is 1. The SMILES string of the molecule is Cc1cnc(CN2CCc3nc(C(C)C)[nH]c(=O)c3C2)s1. The quantitative estimate of drug-likeness (QED) is 0.944. The molecule has 5 nitrogen and oxygen atoms in total. The van der Waals surface area contributed by atoms with Gasteiger partial charge in [-0.15, -0.1) is 11.3 Å². The molecule has 0 aliphatic carbocycles. The Balaban J connectivity index is 1.81. The molecule has 3 heterocycles. The number of hydrogen-bond donors (Lipinski definition) is 1. The number of aromatic nitrogens is 3. The molecule has 21 heavy (non-hydrogen) atoms. The van der Waals surface area contributed by atoms with Crippen molar-refractivity contribution in [2.24, 2.45) is 0 Å². The van der Waals surface area contributed by atoms with Gasteiger partial charge in [0.05, 0.1) is 17.8 Å². The first-order chi connectivity index (χ1) is 10.0. The van der Waals surface area contributed by atoms with E-state index in [1.165, 1.54) is 4.88 Å². The van der Waals surface area contributed by atoms with Crippen LogP contribution < -0.4 is 5.56 Å². The Hall–Kier alpha value is -1.53. The van der Waals surface area contributed by atoms with Gasteiger partial charge in [0.25, 0.3) is 5.56 Å². The van der Waals surface area contributed by atoms with Crippen LogP contribution in [0, 0.1) is 6.92 Å². The number of thiazole rings is 1. The fourth-order valence-corrected chi connectivity index (χ4v) is 3.40. The average molecular weight is 304 g/mol. The molecule has 1 aliphatic heterocycles. The van der Waals surface area contributed by atoms with E-state index in [-0.39, 0.29) is 11.5 Å². The van der Waals surface area contributed by atoms with Crippen molar-refractivity contribution in [1.29, 1.82) is 0 Å². The van der Waals surface area contributed by atoms with E-state index in [4.69, 9.17) is 0 Å². The first-order valence-corrected chi connectivity index (χ1v) is 8.10. The molecular formula is C15H20N4OS. The number of aryl methyl sites for hydroxylation is 1. The minimum atomic E-state index is 0.0173. The van der Waals surface area contributed by atoms with E-state index in [0.717, 1.165) is 41.6 Å². The molecule has 1 N–H and O–H groups in total. The van der Waals surface area contributed by atoms with Crippen LogP contribution in [0.2, 0.25) is 0 Å². The largest absolute Gasteiger partial charge is 0.310 e. The molecule has 112 valence electrons. The summed E-state index contributed by atoms with van der Waals surface area (Å²) in [4.78, 5) is 27.7. The fourth-order valence-electron chi connectivity index (χ4n) is 2.57. The van der Waals surface area contributed by atoms with Crippen LogP contribution in [0.4, 0.5) is 0 Å². The number of rotatable bonds is 3. The molecule has 0 spiro atoms. The third-order valence-electron chi connectivity index (χ3n) is 3.74. The lowest BCUT2D eigenvalue weighted by Crippen LogP contribution is -2.35. The normalized spacial score (nSPS) is 15.4. The molecule has 0 radical (unpaired) electrons. The second kappa shape index (κ2) is 5.69. The van der Waals surface area contributed by atoms with Gasteiger partial charge in [0, 0.05) is 36.5 Å². The molecular weight excluding hydrogens is 284 g/mol. The third-order valence-corrected chi connectivity index (χ3v) is 4.64. The average Bonchev–Trinajstić information content (AvgIpc) is 2.84. The second-order valence-corrected chi connectivity index (χ2v) is 7.18. The zero-order valence-corrected chi connectivity index (χ0v) is 13.5. The number of nitrogens with one attached hydrogen (secondary N) is 1. The van der Waals surface area contributed by atoms with Gasteiger partial charge in [-0.3, -0.25) is 9.69 Å². The smallest absolute Gasteiger partial charge is 0.255 e. The fraction of sp³-hybridized carbons (Fsp3) is 0.533. The Morgan fingerprint density at radius 2 is 2.29 bits per heavy atom. The van der Waals surface area contributed by atoms with Gasteiger partial charge in [0.1, 0.15) is 10.8 Å². The molecule has 0 saturated carbocycles. The van der Waals surface area contributed by atoms with E-state index in [1.807, 2.05) is 20.0 Å². The number of hydrogen-bond acceptors (Lipinski definition) is 5. The van der Waals surface area contributed by atoms with Crippen molar-refractivity contribution in [3.63, 3.8) is 0 Å². The van der Waals surface area contributed by atoms with Crippen molar-refractivity contribution >= 4 is 11.3 Å². The minimum Gasteiger partial charge on any atom is -0.310 e. The Morgan fingerprint density at radius 3 is 2.95 bits per heavy atom. The molecule has 1 aliphatic rings. The van der Waals surface area contributed by atoms with Crippen LogP contribution in [0.3, 0.4) is 0 Å². The van der Waals surface area contributed by atoms with Crippen molar-refractivity contribution in [1.82, 2.24) is 19.9 Å². The predicted molar refractivity (Wildman–Crippen MR) is 83.6 cm³/mol. The Bertz CT molecular complexity index is 704. The zero-order valence-electron chi connectivity index (χ0n) is 12.6. The third kappa shape index (κ3) is 3.06. The second-order valence-electron chi connectivity index (χ2n) is 5.86. The van der Waals surface area contributed by atoms with Crippen LogP contribution in [0.25, 0.3) is 0 Å². The molecule has 0 saturated heterocycles. The topological polar surface area (TPSA) is 61.9 Å². The summed E-state index contributed by atoms with van der Waals surface area (Å²) in [7, 11) is 0. The van der Waals surface area contributed by atoms with Crippen molar-refractivity contribution in [3.8, 4) is 0 Å². The van der Waals surface area contributed by atoms with E-state index >= 15 is 0 Å². The highest BCUT2D eigenvalue weighted by Crippen LogP contribution is 2.20. The van der Waals surface area contributed by atoms with E-state index < -0.39 is 0 Å². The van der Waals surface area contributed by atoms with E-state index in [9.17, 15) is 4.79 Å². The predicted octanol–water partition coefficient (Wildman–Crippen LogP) is 2.22. The van der Waals surface area contributed by atoms with Crippen molar-refractivity contribution < 1.29 is 0 Å². The maximum absolute atomic E-state index is 12.3. The van der Waals surface area contributed by atoms with Crippen molar-refractivity contribution in [2.45, 2.75) is 46.2 Å². The minimum absolute atomic E-state index is 0.0173. The summed E-state index contributed by atoms with van der Waals surface area (Å²) >= 11 is 1.72. The molecule has 0 amide bonds. The number of aromatic amines is 1. The summed E-state index contributed by atoms with van der Waals surface area (Å²) in [6.45, 7) is 8.56. The lowest BCUT2D eigenvalue weighted by molar-refractivity contribution is 0.241. The van der Waals surface area contributed by atoms with Gasteiger partial charge in [-0.05, 0) is 6.92 Å². The highest BCUT2D eigenvalue weighted by molar-refractivity contribution is 7.11. The van der Waals surface area contributed by atoms with Crippen LogP contribution in [-0.4, -0.2) is 26.4 Å². The zero-order chi connectivity index (χ0) is 15.0. The van der Waals surface area contributed by atoms with Gasteiger partial charge < -0.3 is 4.98 Å². The summed E-state index contributed by atoms with van der Waals surface area (Å²) in [6.07, 6.45) is 2.74. The molecule has 0 fully saturated rings. The van der Waals surface area contributed by atoms with Crippen LogP contribution in [0.1, 0.15) is 46.7 Å². The van der Waals surface area contributed by atoms with Crippen molar-refractivity contribution in [2.75, 3.05) is 6.54 Å². The summed E-state index contributed by atoms with van der Waals surface area (Å²) < 4.78 is 0.